The SMILES string of the molecule is Cc1ccc(F)c2[nH]c(-c3cncc(-c4ccnc(C(N)=O)c4)c3N3CC[C@H](NC(=O)OC(C)(C)C)C3)nc12. The fourth-order valence-corrected chi connectivity index (χ4v) is 4.79. The average Bonchev–Trinajstić information content (AvgIpc) is 3.53. The fourth-order valence-electron chi connectivity index (χ4n) is 4.79. The molecule has 1 aliphatic rings. The van der Waals surface area contributed by atoms with E-state index in [9.17, 15) is 14.0 Å². The molecule has 0 aliphatic carbocycles. The van der Waals surface area contributed by atoms with Gasteiger partial charge in [0.25, 0.3) is 5.91 Å². The minimum atomic E-state index is -0.645. The van der Waals surface area contributed by atoms with Gasteiger partial charge in [0.05, 0.1) is 22.8 Å². The lowest BCUT2D eigenvalue weighted by Crippen LogP contribution is -2.40. The first kappa shape index (κ1) is 26.1. The van der Waals surface area contributed by atoms with Gasteiger partial charge in [-0.25, -0.2) is 14.2 Å². The van der Waals surface area contributed by atoms with Crippen LogP contribution in [0.15, 0.2) is 42.9 Å². The third-order valence-electron chi connectivity index (χ3n) is 6.52. The van der Waals surface area contributed by atoms with Gasteiger partial charge in [-0.2, -0.15) is 0 Å². The number of hydrogen-bond acceptors (Lipinski definition) is 7. The summed E-state index contributed by atoms with van der Waals surface area (Å²) in [7, 11) is 0. The number of benzene rings is 1. The summed E-state index contributed by atoms with van der Waals surface area (Å²) in [4.78, 5) is 42.8. The van der Waals surface area contributed by atoms with Crippen LogP contribution in [0.1, 0.15) is 43.2 Å². The second kappa shape index (κ2) is 9.97. The van der Waals surface area contributed by atoms with E-state index < -0.39 is 23.4 Å². The standard InChI is InChI=1S/C28H30FN7O3/c1-15-5-6-20(29)23-22(15)34-26(35-23)19-13-31-12-18(16-7-9-32-21(11-16)25(30)37)24(19)36-10-8-17(14-36)33-27(38)39-28(2,3)4/h5-7,9,11-13,17H,8,10,14H2,1-4H3,(H2,30,37)(H,33,38)(H,34,35)/t17-/m0/s1. The number of imidazole rings is 1. The molecular weight excluding hydrogens is 501 g/mol. The van der Waals surface area contributed by atoms with Gasteiger partial charge in [-0.1, -0.05) is 6.07 Å². The number of primary amides is 1. The molecule has 3 aromatic heterocycles. The fraction of sp³-hybridized carbons (Fsp3) is 0.321. The zero-order valence-electron chi connectivity index (χ0n) is 22.2. The van der Waals surface area contributed by atoms with E-state index in [4.69, 9.17) is 15.5 Å². The largest absolute Gasteiger partial charge is 0.444 e. The summed E-state index contributed by atoms with van der Waals surface area (Å²) in [6, 6.07) is 6.31. The van der Waals surface area contributed by atoms with Crippen molar-refractivity contribution in [2.24, 2.45) is 5.73 Å². The molecule has 0 saturated carbocycles. The molecule has 1 saturated heterocycles. The number of carbonyl (C=O) groups is 2. The van der Waals surface area contributed by atoms with E-state index in [1.165, 1.54) is 12.3 Å². The lowest BCUT2D eigenvalue weighted by molar-refractivity contribution is 0.0509. The summed E-state index contributed by atoms with van der Waals surface area (Å²) in [5, 5.41) is 2.95. The van der Waals surface area contributed by atoms with Gasteiger partial charge >= 0.3 is 6.09 Å². The number of carbonyl (C=O) groups excluding carboxylic acids is 2. The lowest BCUT2D eigenvalue weighted by Gasteiger charge is -2.25. The minimum absolute atomic E-state index is 0.121. The van der Waals surface area contributed by atoms with Gasteiger partial charge in [0, 0.05) is 37.2 Å². The number of aryl methyl sites for hydroxylation is 1. The first-order valence-electron chi connectivity index (χ1n) is 12.6. The average molecular weight is 532 g/mol. The van der Waals surface area contributed by atoms with E-state index in [2.05, 4.69) is 25.2 Å². The van der Waals surface area contributed by atoms with E-state index in [1.54, 1.807) is 30.6 Å². The quantitative estimate of drug-likeness (QED) is 0.348. The molecule has 4 aromatic rings. The van der Waals surface area contributed by atoms with Crippen molar-refractivity contribution in [3.05, 3.63) is 59.9 Å². The van der Waals surface area contributed by atoms with Crippen LogP contribution in [0.25, 0.3) is 33.5 Å². The lowest BCUT2D eigenvalue weighted by atomic mass is 10.0. The molecule has 1 aromatic carbocycles. The Morgan fingerprint density at radius 1 is 1.21 bits per heavy atom. The zero-order valence-corrected chi connectivity index (χ0v) is 22.2. The number of ether oxygens (including phenoxy) is 1. The van der Waals surface area contributed by atoms with E-state index in [-0.39, 0.29) is 11.7 Å². The number of anilines is 1. The van der Waals surface area contributed by atoms with Crippen molar-refractivity contribution in [3.8, 4) is 22.5 Å². The Kier molecular flexibility index (Phi) is 6.67. The highest BCUT2D eigenvalue weighted by atomic mass is 19.1. The summed E-state index contributed by atoms with van der Waals surface area (Å²) < 4.78 is 20.1. The van der Waals surface area contributed by atoms with E-state index in [0.717, 1.165) is 11.3 Å². The van der Waals surface area contributed by atoms with Crippen LogP contribution in [0.2, 0.25) is 0 Å². The molecule has 0 radical (unpaired) electrons. The van der Waals surface area contributed by atoms with E-state index in [1.807, 2.05) is 27.7 Å². The maximum Gasteiger partial charge on any atom is 0.407 e. The number of aromatic nitrogens is 4. The number of halogens is 1. The number of nitrogens with zero attached hydrogens (tertiary/aromatic N) is 4. The highest BCUT2D eigenvalue weighted by Crippen LogP contribution is 2.40. The summed E-state index contributed by atoms with van der Waals surface area (Å²) in [6.45, 7) is 8.43. The van der Waals surface area contributed by atoms with Crippen molar-refractivity contribution in [2.45, 2.75) is 45.8 Å². The van der Waals surface area contributed by atoms with Crippen LogP contribution in [0.4, 0.5) is 14.9 Å². The number of nitrogens with one attached hydrogen (secondary N) is 2. The van der Waals surface area contributed by atoms with Crippen LogP contribution in [0, 0.1) is 12.7 Å². The third-order valence-corrected chi connectivity index (χ3v) is 6.52. The summed E-state index contributed by atoms with van der Waals surface area (Å²) in [5.41, 5.74) is 9.51. The molecule has 4 N–H and O–H groups in total. The Morgan fingerprint density at radius 3 is 2.69 bits per heavy atom. The first-order valence-corrected chi connectivity index (χ1v) is 12.6. The van der Waals surface area contributed by atoms with Gasteiger partial charge in [0.15, 0.2) is 0 Å². The molecule has 39 heavy (non-hydrogen) atoms. The number of fused-ring (bicyclic) bond motifs is 1. The monoisotopic (exact) mass is 531 g/mol. The Bertz CT molecular complexity index is 1540. The number of amides is 2. The van der Waals surface area contributed by atoms with Gasteiger partial charge < -0.3 is 25.7 Å². The second-order valence-corrected chi connectivity index (χ2v) is 10.6. The molecule has 4 heterocycles. The molecule has 1 atom stereocenters. The number of nitrogens with two attached hydrogens (primary N) is 1. The Morgan fingerprint density at radius 2 is 1.97 bits per heavy atom. The number of aromatic amines is 1. The molecule has 0 bridgehead atoms. The van der Waals surface area contributed by atoms with Crippen molar-refractivity contribution in [3.63, 3.8) is 0 Å². The molecule has 5 rings (SSSR count). The summed E-state index contributed by atoms with van der Waals surface area (Å²) in [5.74, 6) is -0.591. The van der Waals surface area contributed by atoms with Gasteiger partial charge in [-0.15, -0.1) is 0 Å². The van der Waals surface area contributed by atoms with Crippen LogP contribution >= 0.6 is 0 Å². The van der Waals surface area contributed by atoms with Gasteiger partial charge in [-0.05, 0) is 63.4 Å². The van der Waals surface area contributed by atoms with Crippen molar-refractivity contribution in [1.82, 2.24) is 25.3 Å². The maximum atomic E-state index is 14.7. The zero-order chi connectivity index (χ0) is 27.9. The van der Waals surface area contributed by atoms with Gasteiger partial charge in [0.1, 0.15) is 28.5 Å². The highest BCUT2D eigenvalue weighted by Gasteiger charge is 2.30. The number of pyridine rings is 2. The van der Waals surface area contributed by atoms with Gasteiger partial charge in [-0.3, -0.25) is 14.8 Å². The third kappa shape index (κ3) is 5.38. The predicted molar refractivity (Wildman–Crippen MR) is 146 cm³/mol. The number of rotatable bonds is 5. The van der Waals surface area contributed by atoms with Crippen molar-refractivity contribution in [1.29, 1.82) is 0 Å². The molecule has 202 valence electrons. The van der Waals surface area contributed by atoms with E-state index >= 15 is 0 Å². The van der Waals surface area contributed by atoms with Crippen LogP contribution < -0.4 is 16.0 Å². The Labute approximate surface area is 224 Å². The Hall–Kier alpha value is -4.54. The second-order valence-electron chi connectivity index (χ2n) is 10.6. The maximum absolute atomic E-state index is 14.7. The van der Waals surface area contributed by atoms with Crippen LogP contribution in [-0.2, 0) is 4.74 Å². The van der Waals surface area contributed by atoms with Crippen LogP contribution in [-0.4, -0.2) is 56.7 Å². The van der Waals surface area contributed by atoms with Crippen molar-refractivity contribution in [2.75, 3.05) is 18.0 Å². The van der Waals surface area contributed by atoms with Crippen molar-refractivity contribution < 1.29 is 18.7 Å². The van der Waals surface area contributed by atoms with Crippen LogP contribution in [0.5, 0.6) is 0 Å². The van der Waals surface area contributed by atoms with E-state index in [0.29, 0.717) is 53.1 Å². The number of alkyl carbamates (subject to hydrolysis) is 1. The first-order chi connectivity index (χ1) is 18.5. The highest BCUT2D eigenvalue weighted by molar-refractivity contribution is 5.95. The summed E-state index contributed by atoms with van der Waals surface area (Å²) in [6.07, 6.45) is 5.09. The molecule has 0 unspecified atom stereocenters. The molecule has 1 fully saturated rings. The molecule has 10 nitrogen and oxygen atoms in total. The normalized spacial score (nSPS) is 15.5. The smallest absolute Gasteiger partial charge is 0.407 e. The minimum Gasteiger partial charge on any atom is -0.444 e. The van der Waals surface area contributed by atoms with Gasteiger partial charge in [0.2, 0.25) is 0 Å². The molecule has 2 amide bonds. The topological polar surface area (TPSA) is 139 Å². The number of H-pyrrole nitrogens is 1. The Balaban J connectivity index is 1.60. The predicted octanol–water partition coefficient (Wildman–Crippen LogP) is 4.34. The van der Waals surface area contributed by atoms with Crippen molar-refractivity contribution >= 4 is 28.7 Å². The molecule has 0 spiro atoms. The molecule has 1 aliphatic heterocycles. The molecule has 11 heteroatoms. The summed E-state index contributed by atoms with van der Waals surface area (Å²) >= 11 is 0. The van der Waals surface area contributed by atoms with Crippen LogP contribution in [0.3, 0.4) is 0 Å². The molecular formula is C28H30FN7O3. The number of hydrogen-bond donors (Lipinski definition) is 3.